The zero-order valence-electron chi connectivity index (χ0n) is 15.2. The Balaban J connectivity index is 1.82. The molecule has 0 aliphatic carbocycles. The van der Waals surface area contributed by atoms with Crippen LogP contribution in [0.4, 0.5) is 0 Å². The average molecular weight is 357 g/mol. The minimum atomic E-state index is -0.179. The maximum Gasteiger partial charge on any atom is 0.220 e. The third-order valence-electron chi connectivity index (χ3n) is 3.95. The first-order chi connectivity index (χ1) is 12.6. The molecule has 1 amide bonds. The van der Waals surface area contributed by atoms with Crippen LogP contribution in [0.5, 0.6) is 17.2 Å². The molecule has 0 heterocycles. The van der Waals surface area contributed by atoms with E-state index in [-0.39, 0.29) is 24.7 Å². The molecule has 0 atom stereocenters. The molecular weight excluding hydrogens is 334 g/mol. The largest absolute Gasteiger partial charge is 0.497 e. The Morgan fingerprint density at radius 3 is 2.19 bits per heavy atom. The summed E-state index contributed by atoms with van der Waals surface area (Å²) in [6.45, 7) is -0.0307. The predicted molar refractivity (Wildman–Crippen MR) is 98.2 cm³/mol. The molecule has 0 unspecified atom stereocenters. The highest BCUT2D eigenvalue weighted by Gasteiger charge is 2.10. The van der Waals surface area contributed by atoms with Crippen molar-refractivity contribution in [3.8, 4) is 17.2 Å². The van der Waals surface area contributed by atoms with Crippen LogP contribution in [0.1, 0.15) is 22.3 Å². The molecule has 0 aliphatic rings. The molecule has 0 radical (unpaired) electrons. The molecule has 0 bridgehead atoms. The summed E-state index contributed by atoms with van der Waals surface area (Å²) in [5, 5.41) is 2.66. The summed E-state index contributed by atoms with van der Waals surface area (Å²) in [4.78, 5) is 24.1. The van der Waals surface area contributed by atoms with Crippen molar-refractivity contribution in [3.63, 3.8) is 0 Å². The molecule has 0 saturated heterocycles. The van der Waals surface area contributed by atoms with Crippen molar-refractivity contribution in [2.75, 3.05) is 27.9 Å². The lowest BCUT2D eigenvalue weighted by molar-refractivity contribution is -0.120. The van der Waals surface area contributed by atoms with Crippen molar-refractivity contribution in [1.29, 1.82) is 0 Å². The number of ether oxygens (including phenoxy) is 3. The number of benzene rings is 2. The first-order valence-corrected chi connectivity index (χ1v) is 8.22. The maximum atomic E-state index is 12.1. The number of ketones is 1. The number of hydrogen-bond donors (Lipinski definition) is 1. The van der Waals surface area contributed by atoms with Crippen molar-refractivity contribution in [1.82, 2.24) is 5.32 Å². The predicted octanol–water partition coefficient (Wildman–Crippen LogP) is 2.64. The normalized spacial score (nSPS) is 10.1. The van der Waals surface area contributed by atoms with Crippen molar-refractivity contribution in [2.45, 2.75) is 12.8 Å². The Morgan fingerprint density at radius 2 is 1.58 bits per heavy atom. The third kappa shape index (κ3) is 5.24. The molecule has 138 valence electrons. The van der Waals surface area contributed by atoms with Gasteiger partial charge in [-0.25, -0.2) is 0 Å². The SMILES string of the molecule is COc1ccc(C(=O)CNC(=O)CCc2ccc(OC)c(OC)c2)cc1. The van der Waals surface area contributed by atoms with E-state index >= 15 is 0 Å². The Hall–Kier alpha value is -3.02. The first kappa shape index (κ1) is 19.3. The second-order valence-electron chi connectivity index (χ2n) is 5.62. The number of Topliss-reactive ketones (excluding diaryl/α,β-unsaturated/α-hetero) is 1. The van der Waals surface area contributed by atoms with Gasteiger partial charge in [0.2, 0.25) is 5.91 Å². The van der Waals surface area contributed by atoms with Gasteiger partial charge < -0.3 is 19.5 Å². The van der Waals surface area contributed by atoms with E-state index in [2.05, 4.69) is 5.32 Å². The van der Waals surface area contributed by atoms with Crippen LogP contribution in [-0.2, 0) is 11.2 Å². The van der Waals surface area contributed by atoms with Crippen LogP contribution in [0, 0.1) is 0 Å². The van der Waals surface area contributed by atoms with Gasteiger partial charge in [-0.2, -0.15) is 0 Å². The average Bonchev–Trinajstić information content (AvgIpc) is 2.70. The second-order valence-corrected chi connectivity index (χ2v) is 5.62. The summed E-state index contributed by atoms with van der Waals surface area (Å²) in [5.74, 6) is 1.63. The maximum absolute atomic E-state index is 12.1. The van der Waals surface area contributed by atoms with E-state index < -0.39 is 0 Å². The Bertz CT molecular complexity index is 755. The van der Waals surface area contributed by atoms with Gasteiger partial charge in [-0.3, -0.25) is 9.59 Å². The van der Waals surface area contributed by atoms with Gasteiger partial charge in [0.15, 0.2) is 17.3 Å². The minimum absolute atomic E-state index is 0.0307. The fraction of sp³-hybridized carbons (Fsp3) is 0.300. The smallest absolute Gasteiger partial charge is 0.220 e. The van der Waals surface area contributed by atoms with Crippen molar-refractivity contribution < 1.29 is 23.8 Å². The molecule has 0 saturated carbocycles. The van der Waals surface area contributed by atoms with Crippen LogP contribution in [-0.4, -0.2) is 39.6 Å². The summed E-state index contributed by atoms with van der Waals surface area (Å²) in [7, 11) is 4.71. The molecule has 2 aromatic rings. The number of amides is 1. The number of rotatable bonds is 9. The van der Waals surface area contributed by atoms with Crippen LogP contribution in [0.25, 0.3) is 0 Å². The van der Waals surface area contributed by atoms with Crippen LogP contribution < -0.4 is 19.5 Å². The van der Waals surface area contributed by atoms with Crippen molar-refractivity contribution in [2.24, 2.45) is 0 Å². The summed E-state index contributed by atoms with van der Waals surface area (Å²) >= 11 is 0. The van der Waals surface area contributed by atoms with Crippen LogP contribution >= 0.6 is 0 Å². The third-order valence-corrected chi connectivity index (χ3v) is 3.95. The lowest BCUT2D eigenvalue weighted by Gasteiger charge is -2.10. The summed E-state index contributed by atoms with van der Waals surface area (Å²) in [6, 6.07) is 12.3. The fourth-order valence-electron chi connectivity index (χ4n) is 2.44. The Morgan fingerprint density at radius 1 is 0.885 bits per heavy atom. The number of carbonyl (C=O) groups excluding carboxylic acids is 2. The summed E-state index contributed by atoms with van der Waals surface area (Å²) in [5.41, 5.74) is 1.49. The highest BCUT2D eigenvalue weighted by atomic mass is 16.5. The standard InChI is InChI=1S/C20H23NO5/c1-24-16-8-6-15(7-9-16)17(22)13-21-20(23)11-5-14-4-10-18(25-2)19(12-14)26-3/h4,6-10,12H,5,11,13H2,1-3H3,(H,21,23). The van der Waals surface area contributed by atoms with Crippen LogP contribution in [0.3, 0.4) is 0 Å². The van der Waals surface area contributed by atoms with Gasteiger partial charge in [0.25, 0.3) is 0 Å². The number of methoxy groups -OCH3 is 3. The van der Waals surface area contributed by atoms with E-state index in [0.717, 1.165) is 5.56 Å². The molecule has 26 heavy (non-hydrogen) atoms. The Labute approximate surface area is 153 Å². The van der Waals surface area contributed by atoms with E-state index in [4.69, 9.17) is 14.2 Å². The zero-order valence-corrected chi connectivity index (χ0v) is 15.2. The molecule has 0 aromatic heterocycles. The zero-order chi connectivity index (χ0) is 18.9. The quantitative estimate of drug-likeness (QED) is 0.699. The number of carbonyl (C=O) groups is 2. The van der Waals surface area contributed by atoms with Crippen LogP contribution in [0.15, 0.2) is 42.5 Å². The van der Waals surface area contributed by atoms with E-state index in [1.807, 2.05) is 12.1 Å². The van der Waals surface area contributed by atoms with Crippen LogP contribution in [0.2, 0.25) is 0 Å². The highest BCUT2D eigenvalue weighted by molar-refractivity contribution is 5.99. The molecule has 1 N–H and O–H groups in total. The van der Waals surface area contributed by atoms with Gasteiger partial charge in [-0.15, -0.1) is 0 Å². The van der Waals surface area contributed by atoms with Crippen molar-refractivity contribution in [3.05, 3.63) is 53.6 Å². The number of hydrogen-bond acceptors (Lipinski definition) is 5. The highest BCUT2D eigenvalue weighted by Crippen LogP contribution is 2.27. The van der Waals surface area contributed by atoms with Gasteiger partial charge in [0.1, 0.15) is 5.75 Å². The minimum Gasteiger partial charge on any atom is -0.497 e. The summed E-state index contributed by atoms with van der Waals surface area (Å²) < 4.78 is 15.5. The van der Waals surface area contributed by atoms with Gasteiger partial charge in [0.05, 0.1) is 27.9 Å². The number of aryl methyl sites for hydroxylation is 1. The Kier molecular flexibility index (Phi) is 7.02. The molecule has 0 fully saturated rings. The molecule has 6 nitrogen and oxygen atoms in total. The van der Waals surface area contributed by atoms with Crippen molar-refractivity contribution >= 4 is 11.7 Å². The first-order valence-electron chi connectivity index (χ1n) is 8.22. The van der Waals surface area contributed by atoms with E-state index in [9.17, 15) is 9.59 Å². The van der Waals surface area contributed by atoms with E-state index in [0.29, 0.717) is 29.2 Å². The van der Waals surface area contributed by atoms with E-state index in [1.54, 1.807) is 51.7 Å². The second kappa shape index (κ2) is 9.46. The lowest BCUT2D eigenvalue weighted by Crippen LogP contribution is -2.29. The molecule has 6 heteroatoms. The fourth-order valence-corrected chi connectivity index (χ4v) is 2.44. The van der Waals surface area contributed by atoms with Gasteiger partial charge >= 0.3 is 0 Å². The van der Waals surface area contributed by atoms with Gasteiger partial charge in [0, 0.05) is 12.0 Å². The summed E-state index contributed by atoms with van der Waals surface area (Å²) in [6.07, 6.45) is 0.828. The molecule has 2 rings (SSSR count). The molecular formula is C20H23NO5. The molecule has 2 aromatic carbocycles. The van der Waals surface area contributed by atoms with E-state index in [1.165, 1.54) is 0 Å². The van der Waals surface area contributed by atoms with Gasteiger partial charge in [-0.05, 0) is 48.4 Å². The lowest BCUT2D eigenvalue weighted by atomic mass is 10.1. The molecule has 0 aliphatic heterocycles. The van der Waals surface area contributed by atoms with Gasteiger partial charge in [-0.1, -0.05) is 6.07 Å². The topological polar surface area (TPSA) is 73.9 Å². The number of nitrogens with one attached hydrogen (secondary N) is 1. The monoisotopic (exact) mass is 357 g/mol. The molecule has 0 spiro atoms.